The second-order valence-electron chi connectivity index (χ2n) is 7.78. The minimum atomic E-state index is -0.277. The fourth-order valence-corrected chi connectivity index (χ4v) is 3.54. The average molecular weight is 455 g/mol. The van der Waals surface area contributed by atoms with Gasteiger partial charge in [-0.3, -0.25) is 0 Å². The van der Waals surface area contributed by atoms with E-state index in [1.807, 2.05) is 24.3 Å². The van der Waals surface area contributed by atoms with Crippen LogP contribution < -0.4 is 0 Å². The number of benzene rings is 2. The zero-order valence-electron chi connectivity index (χ0n) is 19.9. The zero-order valence-corrected chi connectivity index (χ0v) is 19.9. The second-order valence-corrected chi connectivity index (χ2v) is 7.78. The van der Waals surface area contributed by atoms with E-state index in [-0.39, 0.29) is 37.3 Å². The molecule has 2 aromatic carbocycles. The highest BCUT2D eigenvalue weighted by Crippen LogP contribution is 2.31. The van der Waals surface area contributed by atoms with Crippen LogP contribution >= 0.6 is 0 Å². The first-order valence-electron chi connectivity index (χ1n) is 11.8. The van der Waals surface area contributed by atoms with Crippen LogP contribution in [0.2, 0.25) is 0 Å². The Morgan fingerprint density at radius 3 is 1.48 bits per heavy atom. The molecule has 0 saturated heterocycles. The molecule has 2 N–H and O–H groups in total. The lowest BCUT2D eigenvalue weighted by Crippen LogP contribution is -2.12. The first-order chi connectivity index (χ1) is 16.2. The first-order valence-corrected chi connectivity index (χ1v) is 11.8. The van der Waals surface area contributed by atoms with Crippen molar-refractivity contribution in [3.8, 4) is 11.5 Å². The van der Waals surface area contributed by atoms with Crippen molar-refractivity contribution in [1.29, 1.82) is 0 Å². The number of rotatable bonds is 16. The predicted octanol–water partition coefficient (Wildman–Crippen LogP) is 7.34. The summed E-state index contributed by atoms with van der Waals surface area (Å²) < 4.78 is 17.5. The summed E-state index contributed by atoms with van der Waals surface area (Å²) in [7, 11) is 0. The minimum absolute atomic E-state index is 0.0414. The highest BCUT2D eigenvalue weighted by atomic mass is 16.7. The van der Waals surface area contributed by atoms with E-state index in [0.29, 0.717) is 0 Å². The number of allylic oxidation sites excluding steroid dienone is 4. The van der Waals surface area contributed by atoms with Gasteiger partial charge in [-0.1, -0.05) is 74.5 Å². The number of phenols is 2. The van der Waals surface area contributed by atoms with Crippen LogP contribution in [0.4, 0.5) is 0 Å². The van der Waals surface area contributed by atoms with E-state index in [1.54, 1.807) is 24.3 Å². The van der Waals surface area contributed by atoms with E-state index in [0.717, 1.165) is 49.7 Å². The van der Waals surface area contributed by atoms with Crippen molar-refractivity contribution in [3.63, 3.8) is 0 Å². The minimum Gasteiger partial charge on any atom is -0.508 e. The number of ether oxygens (including phenoxy) is 3. The molecule has 5 nitrogen and oxygen atoms in total. The molecule has 0 aromatic heterocycles. The first kappa shape index (κ1) is 26.7. The molecule has 0 radical (unpaired) electrons. The van der Waals surface area contributed by atoms with Gasteiger partial charge in [-0.05, 0) is 50.7 Å². The largest absolute Gasteiger partial charge is 0.508 e. The van der Waals surface area contributed by atoms with E-state index in [9.17, 15) is 10.2 Å². The van der Waals surface area contributed by atoms with Gasteiger partial charge in [-0.15, -0.1) is 0 Å². The number of aromatic hydroxyl groups is 2. The molecule has 0 saturated carbocycles. The molecular weight excluding hydrogens is 416 g/mol. The van der Waals surface area contributed by atoms with Gasteiger partial charge in [-0.25, -0.2) is 0 Å². The summed E-state index contributed by atoms with van der Waals surface area (Å²) in [6, 6.07) is 14.5. The third-order valence-corrected chi connectivity index (χ3v) is 5.27. The van der Waals surface area contributed by atoms with E-state index >= 15 is 0 Å². The van der Waals surface area contributed by atoms with Crippen LogP contribution in [0, 0.1) is 0 Å². The summed E-state index contributed by atoms with van der Waals surface area (Å²) >= 11 is 0. The maximum absolute atomic E-state index is 10.2. The highest BCUT2D eigenvalue weighted by Gasteiger charge is 2.17. The Morgan fingerprint density at radius 1 is 0.667 bits per heavy atom. The van der Waals surface area contributed by atoms with Crippen molar-refractivity contribution in [2.45, 2.75) is 64.6 Å². The standard InChI is InChI=1S/C28H38O5/c1-3-5-7-9-19-27(23-15-11-13-17-25(23)29)32-21-31-22-33-28(20-10-8-6-4-2)24-16-12-14-18-26(24)30/h5-8,11-18,27-30H,3-4,9-10,19-22H2,1-2H3. The second kappa shape index (κ2) is 16.1. The molecule has 5 heteroatoms. The van der Waals surface area contributed by atoms with Gasteiger partial charge < -0.3 is 24.4 Å². The highest BCUT2D eigenvalue weighted by molar-refractivity contribution is 5.34. The molecule has 0 aliphatic heterocycles. The quantitative estimate of drug-likeness (QED) is 0.158. The molecule has 180 valence electrons. The summed E-state index contributed by atoms with van der Waals surface area (Å²) in [5.74, 6) is 0.441. The molecule has 2 rings (SSSR count). The van der Waals surface area contributed by atoms with Crippen LogP contribution in [0.1, 0.15) is 75.7 Å². The number of hydrogen-bond donors (Lipinski definition) is 2. The molecule has 0 spiro atoms. The zero-order chi connectivity index (χ0) is 23.7. The van der Waals surface area contributed by atoms with E-state index in [2.05, 4.69) is 38.2 Å². The van der Waals surface area contributed by atoms with Gasteiger partial charge in [-0.2, -0.15) is 0 Å². The molecule has 2 unspecified atom stereocenters. The number of para-hydroxylation sites is 2. The maximum Gasteiger partial charge on any atom is 0.150 e. The van der Waals surface area contributed by atoms with Crippen LogP contribution in [0.5, 0.6) is 11.5 Å². The van der Waals surface area contributed by atoms with Crippen molar-refractivity contribution in [2.24, 2.45) is 0 Å². The monoisotopic (exact) mass is 454 g/mol. The third-order valence-electron chi connectivity index (χ3n) is 5.27. The molecule has 0 fully saturated rings. The van der Waals surface area contributed by atoms with Gasteiger partial charge in [0, 0.05) is 11.1 Å². The Bertz CT molecular complexity index is 776. The number of hydrogen-bond acceptors (Lipinski definition) is 5. The topological polar surface area (TPSA) is 68.2 Å². The van der Waals surface area contributed by atoms with E-state index in [4.69, 9.17) is 14.2 Å². The number of phenolic OH excluding ortho intramolecular Hbond substituents is 2. The van der Waals surface area contributed by atoms with E-state index < -0.39 is 0 Å². The predicted molar refractivity (Wildman–Crippen MR) is 132 cm³/mol. The van der Waals surface area contributed by atoms with Crippen molar-refractivity contribution in [2.75, 3.05) is 13.6 Å². The molecule has 2 aromatic rings. The smallest absolute Gasteiger partial charge is 0.150 e. The van der Waals surface area contributed by atoms with Gasteiger partial charge in [0.05, 0.1) is 12.2 Å². The summed E-state index contributed by atoms with van der Waals surface area (Å²) in [6.07, 6.45) is 13.1. The lowest BCUT2D eigenvalue weighted by atomic mass is 10.0. The molecule has 0 amide bonds. The van der Waals surface area contributed by atoms with Gasteiger partial charge in [0.15, 0.2) is 0 Å². The van der Waals surface area contributed by atoms with Gasteiger partial charge in [0.2, 0.25) is 0 Å². The SMILES string of the molecule is CCC=CCCC(OCOCOC(CCC=CCC)c1ccccc1O)c1ccccc1O. The lowest BCUT2D eigenvalue weighted by Gasteiger charge is -2.21. The lowest BCUT2D eigenvalue weighted by molar-refractivity contribution is -0.168. The van der Waals surface area contributed by atoms with Crippen molar-refractivity contribution >= 4 is 0 Å². The fraction of sp³-hybridized carbons (Fsp3) is 0.429. The van der Waals surface area contributed by atoms with Gasteiger partial charge >= 0.3 is 0 Å². The Balaban J connectivity index is 1.90. The van der Waals surface area contributed by atoms with Crippen molar-refractivity contribution in [1.82, 2.24) is 0 Å². The van der Waals surface area contributed by atoms with Crippen LogP contribution in [0.25, 0.3) is 0 Å². The van der Waals surface area contributed by atoms with Crippen LogP contribution in [0.3, 0.4) is 0 Å². The van der Waals surface area contributed by atoms with Crippen molar-refractivity contribution < 1.29 is 24.4 Å². The summed E-state index contributed by atoms with van der Waals surface area (Å²) in [5, 5.41) is 20.5. The normalized spacial score (nSPS) is 13.6. The molecule has 0 heterocycles. The summed E-state index contributed by atoms with van der Waals surface area (Å²) in [6.45, 7) is 4.28. The summed E-state index contributed by atoms with van der Waals surface area (Å²) in [5.41, 5.74) is 1.50. The van der Waals surface area contributed by atoms with Crippen LogP contribution in [0.15, 0.2) is 72.8 Å². The fourth-order valence-electron chi connectivity index (χ4n) is 3.54. The van der Waals surface area contributed by atoms with Gasteiger partial charge in [0.25, 0.3) is 0 Å². The molecule has 0 aliphatic rings. The molecule has 0 bridgehead atoms. The Morgan fingerprint density at radius 2 is 1.09 bits per heavy atom. The molecule has 0 aliphatic carbocycles. The Kier molecular flexibility index (Phi) is 13.0. The molecular formula is C28H38O5. The maximum atomic E-state index is 10.2. The van der Waals surface area contributed by atoms with Crippen molar-refractivity contribution in [3.05, 3.63) is 84.0 Å². The average Bonchev–Trinajstić information content (AvgIpc) is 2.82. The van der Waals surface area contributed by atoms with Crippen LogP contribution in [-0.2, 0) is 14.2 Å². The van der Waals surface area contributed by atoms with Gasteiger partial charge in [0.1, 0.15) is 25.1 Å². The van der Waals surface area contributed by atoms with E-state index in [1.165, 1.54) is 0 Å². The van der Waals surface area contributed by atoms with Crippen LogP contribution in [-0.4, -0.2) is 23.8 Å². The molecule has 33 heavy (non-hydrogen) atoms. The molecule has 2 atom stereocenters. The third kappa shape index (κ3) is 9.82. The Labute approximate surface area is 198 Å². The summed E-state index contributed by atoms with van der Waals surface area (Å²) in [4.78, 5) is 0. The Hall–Kier alpha value is -2.60.